The topological polar surface area (TPSA) is 98.3 Å². The molecule has 1 aliphatic carbocycles. The molecule has 6 nitrogen and oxygen atoms in total. The van der Waals surface area contributed by atoms with Crippen molar-refractivity contribution in [3.05, 3.63) is 39.4 Å². The predicted molar refractivity (Wildman–Crippen MR) is 75.5 cm³/mol. The van der Waals surface area contributed by atoms with Gasteiger partial charge in [0.25, 0.3) is 11.6 Å². The minimum absolute atomic E-state index is 0.0929. The van der Waals surface area contributed by atoms with E-state index in [0.717, 1.165) is 18.4 Å². The van der Waals surface area contributed by atoms with Gasteiger partial charge in [-0.25, -0.2) is 0 Å². The summed E-state index contributed by atoms with van der Waals surface area (Å²) >= 11 is 0. The molecule has 3 N–H and O–H groups in total. The summed E-state index contributed by atoms with van der Waals surface area (Å²) in [6.45, 7) is 4.01. The molecular weight excluding hydrogens is 258 g/mol. The number of amides is 1. The van der Waals surface area contributed by atoms with E-state index in [1.807, 2.05) is 6.92 Å². The molecule has 6 heteroatoms. The van der Waals surface area contributed by atoms with Crippen LogP contribution in [0.25, 0.3) is 0 Å². The second kappa shape index (κ2) is 5.20. The highest BCUT2D eigenvalue weighted by Gasteiger charge is 2.42. The van der Waals surface area contributed by atoms with Crippen LogP contribution in [0.15, 0.2) is 18.2 Å². The molecule has 0 saturated heterocycles. The Balaban J connectivity index is 2.28. The number of aryl methyl sites for hydroxylation is 1. The molecule has 0 aliphatic heterocycles. The molecule has 1 fully saturated rings. The molecule has 1 atom stereocenters. The van der Waals surface area contributed by atoms with Gasteiger partial charge >= 0.3 is 0 Å². The highest BCUT2D eigenvalue weighted by atomic mass is 16.6. The molecule has 0 heterocycles. The van der Waals surface area contributed by atoms with Crippen molar-refractivity contribution in [2.75, 3.05) is 6.54 Å². The first kappa shape index (κ1) is 14.5. The lowest BCUT2D eigenvalue weighted by molar-refractivity contribution is -0.385. The number of carbonyl (C=O) groups excluding carboxylic acids is 1. The first-order valence-corrected chi connectivity index (χ1v) is 6.65. The fraction of sp³-hybridized carbons (Fsp3) is 0.500. The first-order valence-electron chi connectivity index (χ1n) is 6.65. The lowest BCUT2D eigenvalue weighted by Gasteiger charge is -2.29. The number of nitro benzene ring substituents is 1. The summed E-state index contributed by atoms with van der Waals surface area (Å²) in [5, 5.41) is 13.9. The van der Waals surface area contributed by atoms with E-state index in [0.29, 0.717) is 12.5 Å². The van der Waals surface area contributed by atoms with Crippen LogP contribution in [0.2, 0.25) is 0 Å². The summed E-state index contributed by atoms with van der Waals surface area (Å²) < 4.78 is 0. The second-order valence-corrected chi connectivity index (χ2v) is 5.63. The van der Waals surface area contributed by atoms with Gasteiger partial charge in [0.15, 0.2) is 0 Å². The molecule has 0 radical (unpaired) electrons. The minimum Gasteiger partial charge on any atom is -0.345 e. The highest BCUT2D eigenvalue weighted by Crippen LogP contribution is 2.39. The minimum atomic E-state index is -0.536. The fourth-order valence-electron chi connectivity index (χ4n) is 2.36. The standard InChI is InChI=1S/C14H19N3O3/c1-9-3-6-12(17(19)20)11(7-9)13(18)16-14(2,8-15)10-4-5-10/h3,6-7,10H,4-5,8,15H2,1-2H3,(H,16,18). The molecule has 2 rings (SSSR count). The number of rotatable bonds is 5. The molecule has 1 unspecified atom stereocenters. The van der Waals surface area contributed by atoms with Crippen LogP contribution in [-0.2, 0) is 0 Å². The maximum atomic E-state index is 12.4. The molecule has 0 aromatic heterocycles. The van der Waals surface area contributed by atoms with Crippen molar-refractivity contribution in [3.8, 4) is 0 Å². The smallest absolute Gasteiger partial charge is 0.282 e. The van der Waals surface area contributed by atoms with Gasteiger partial charge in [0.05, 0.1) is 10.5 Å². The summed E-state index contributed by atoms with van der Waals surface area (Å²) in [5.74, 6) is -0.0689. The van der Waals surface area contributed by atoms with E-state index in [1.54, 1.807) is 13.0 Å². The Bertz CT molecular complexity index is 555. The van der Waals surface area contributed by atoms with Crippen molar-refractivity contribution < 1.29 is 9.72 Å². The Morgan fingerprint density at radius 1 is 1.55 bits per heavy atom. The number of hydrogen-bond donors (Lipinski definition) is 2. The zero-order valence-electron chi connectivity index (χ0n) is 11.7. The van der Waals surface area contributed by atoms with E-state index in [1.165, 1.54) is 12.1 Å². The van der Waals surface area contributed by atoms with E-state index in [9.17, 15) is 14.9 Å². The molecule has 1 aromatic carbocycles. The van der Waals surface area contributed by atoms with Crippen LogP contribution >= 0.6 is 0 Å². The van der Waals surface area contributed by atoms with Crippen LogP contribution in [0, 0.1) is 23.0 Å². The highest BCUT2D eigenvalue weighted by molar-refractivity contribution is 5.98. The molecule has 1 saturated carbocycles. The number of nitrogens with two attached hydrogens (primary N) is 1. The number of nitrogens with zero attached hydrogens (tertiary/aromatic N) is 1. The third kappa shape index (κ3) is 2.80. The largest absolute Gasteiger partial charge is 0.345 e. The molecule has 1 aliphatic rings. The molecule has 0 spiro atoms. The number of hydrogen-bond acceptors (Lipinski definition) is 4. The number of nitro groups is 1. The van der Waals surface area contributed by atoms with E-state index < -0.39 is 16.4 Å². The van der Waals surface area contributed by atoms with Crippen LogP contribution in [0.4, 0.5) is 5.69 Å². The number of nitrogens with one attached hydrogen (secondary N) is 1. The normalized spacial score (nSPS) is 17.4. The van der Waals surface area contributed by atoms with Crippen molar-refractivity contribution in [1.82, 2.24) is 5.32 Å². The SMILES string of the molecule is Cc1ccc([N+](=O)[O-])c(C(=O)NC(C)(CN)C2CC2)c1. The Morgan fingerprint density at radius 2 is 2.20 bits per heavy atom. The Kier molecular flexibility index (Phi) is 3.76. The van der Waals surface area contributed by atoms with Gasteiger partial charge < -0.3 is 11.1 Å². The third-order valence-corrected chi connectivity index (χ3v) is 3.89. The van der Waals surface area contributed by atoms with Crippen molar-refractivity contribution in [2.45, 2.75) is 32.2 Å². The van der Waals surface area contributed by atoms with Crippen LogP contribution in [-0.4, -0.2) is 22.9 Å². The maximum absolute atomic E-state index is 12.4. The maximum Gasteiger partial charge on any atom is 0.282 e. The van der Waals surface area contributed by atoms with E-state index in [4.69, 9.17) is 5.73 Å². The lowest BCUT2D eigenvalue weighted by atomic mass is 9.95. The van der Waals surface area contributed by atoms with E-state index in [2.05, 4.69) is 5.32 Å². The Hall–Kier alpha value is -1.95. The summed E-state index contributed by atoms with van der Waals surface area (Å²) in [5.41, 5.74) is 5.98. The van der Waals surface area contributed by atoms with E-state index >= 15 is 0 Å². The van der Waals surface area contributed by atoms with Gasteiger partial charge in [-0.2, -0.15) is 0 Å². The Morgan fingerprint density at radius 3 is 2.70 bits per heavy atom. The molecule has 108 valence electrons. The second-order valence-electron chi connectivity index (χ2n) is 5.63. The van der Waals surface area contributed by atoms with Gasteiger partial charge in [-0.1, -0.05) is 6.07 Å². The molecule has 1 amide bonds. The van der Waals surface area contributed by atoms with Crippen molar-refractivity contribution >= 4 is 11.6 Å². The van der Waals surface area contributed by atoms with Gasteiger partial charge in [-0.3, -0.25) is 14.9 Å². The van der Waals surface area contributed by atoms with Crippen LogP contribution in [0.5, 0.6) is 0 Å². The zero-order valence-corrected chi connectivity index (χ0v) is 11.7. The van der Waals surface area contributed by atoms with Crippen LogP contribution in [0.3, 0.4) is 0 Å². The van der Waals surface area contributed by atoms with E-state index in [-0.39, 0.29) is 11.3 Å². The summed E-state index contributed by atoms with van der Waals surface area (Å²) in [4.78, 5) is 22.8. The van der Waals surface area contributed by atoms with Crippen molar-refractivity contribution in [3.63, 3.8) is 0 Å². The summed E-state index contributed by atoms with van der Waals surface area (Å²) in [7, 11) is 0. The van der Waals surface area contributed by atoms with Gasteiger partial charge in [-0.05, 0) is 44.2 Å². The molecule has 0 bridgehead atoms. The van der Waals surface area contributed by atoms with Gasteiger partial charge in [0.2, 0.25) is 0 Å². The Labute approximate surface area is 117 Å². The summed E-state index contributed by atoms with van der Waals surface area (Å²) in [6.07, 6.45) is 2.06. The van der Waals surface area contributed by atoms with Gasteiger partial charge in [-0.15, -0.1) is 0 Å². The third-order valence-electron chi connectivity index (χ3n) is 3.89. The first-order chi connectivity index (χ1) is 9.37. The van der Waals surface area contributed by atoms with Gasteiger partial charge in [0.1, 0.15) is 5.56 Å². The van der Waals surface area contributed by atoms with Crippen molar-refractivity contribution in [1.29, 1.82) is 0 Å². The van der Waals surface area contributed by atoms with Crippen LogP contribution in [0.1, 0.15) is 35.7 Å². The van der Waals surface area contributed by atoms with Crippen molar-refractivity contribution in [2.24, 2.45) is 11.7 Å². The summed E-state index contributed by atoms with van der Waals surface area (Å²) in [6, 6.07) is 4.52. The molecule has 20 heavy (non-hydrogen) atoms. The predicted octanol–water partition coefficient (Wildman–Crippen LogP) is 1.76. The number of carbonyl (C=O) groups is 1. The average molecular weight is 277 g/mol. The molecule has 1 aromatic rings. The monoisotopic (exact) mass is 277 g/mol. The lowest BCUT2D eigenvalue weighted by Crippen LogP contribution is -2.53. The quantitative estimate of drug-likeness (QED) is 0.633. The molecular formula is C14H19N3O3. The van der Waals surface area contributed by atoms with Gasteiger partial charge in [0, 0.05) is 12.6 Å². The number of benzene rings is 1. The fourth-order valence-corrected chi connectivity index (χ4v) is 2.36. The zero-order chi connectivity index (χ0) is 14.9. The van der Waals surface area contributed by atoms with Crippen LogP contribution < -0.4 is 11.1 Å². The average Bonchev–Trinajstić information content (AvgIpc) is 3.22.